The van der Waals surface area contributed by atoms with Gasteiger partial charge in [0.2, 0.25) is 0 Å². The van der Waals surface area contributed by atoms with E-state index in [0.29, 0.717) is 0 Å². The zero-order chi connectivity index (χ0) is 53.6. The summed E-state index contributed by atoms with van der Waals surface area (Å²) in [5.41, 5.74) is 27.6. The lowest BCUT2D eigenvalue weighted by atomic mass is 9.66. The van der Waals surface area contributed by atoms with Crippen molar-refractivity contribution in [3.05, 3.63) is 311 Å². The van der Waals surface area contributed by atoms with E-state index in [9.17, 15) is 0 Å². The molecule has 0 aliphatic heterocycles. The quantitative estimate of drug-likeness (QED) is 0.144. The minimum absolute atomic E-state index is 0.656. The molecular weight excluding hydrogens is 969 g/mol. The lowest BCUT2D eigenvalue weighted by molar-refractivity contribution is 0.670. The second-order valence-corrected chi connectivity index (χ2v) is 21.8. The van der Waals surface area contributed by atoms with Crippen molar-refractivity contribution in [1.29, 1.82) is 0 Å². The van der Waals surface area contributed by atoms with Crippen LogP contribution >= 0.6 is 0 Å². The zero-order valence-electron chi connectivity index (χ0n) is 45.2. The Balaban J connectivity index is 0.911. The van der Waals surface area contributed by atoms with Crippen LogP contribution in [0.1, 0.15) is 44.5 Å². The molecule has 0 amide bonds. The van der Waals surface area contributed by atoms with Crippen LogP contribution in [0.4, 0.5) is 17.1 Å². The summed E-state index contributed by atoms with van der Waals surface area (Å²) in [7, 11) is 0. The van der Waals surface area contributed by atoms with Gasteiger partial charge in [0.25, 0.3) is 0 Å². The van der Waals surface area contributed by atoms with Crippen molar-refractivity contribution in [3.63, 3.8) is 0 Å². The summed E-state index contributed by atoms with van der Waals surface area (Å²) in [6.45, 7) is 9.18. The van der Waals surface area contributed by atoms with E-state index in [0.717, 1.165) is 61.4 Å². The fraction of sp³-hybridized carbons (Fsp3) is 0.0649. The molecule has 380 valence electrons. The highest BCUT2D eigenvalue weighted by Gasteiger charge is 2.49. The van der Waals surface area contributed by atoms with Crippen molar-refractivity contribution in [2.45, 2.75) is 33.1 Å². The van der Waals surface area contributed by atoms with Gasteiger partial charge in [-0.1, -0.05) is 206 Å². The second-order valence-electron chi connectivity index (χ2n) is 21.8. The molecular formula is C77H56N2O. The smallest absolute Gasteiger partial charge is 0.143 e. The molecule has 0 saturated carbocycles. The SMILES string of the molecule is Cc1cc2c(cc1C)C(c1ccccc1)(c1ccc(-c3cccc4c3oc3ccccc34)cc1)c1c(C)c(C)cc(N(c3ccc(-c4ccccc4)cc3)c3ccc(-c4ccc(-n5c6ccccc6c6ccccc65)cc4)cc3)c1-2. The molecule has 2 heterocycles. The number of nitrogens with zero attached hydrogens (tertiary/aromatic N) is 2. The Kier molecular flexibility index (Phi) is 11.0. The first-order valence-electron chi connectivity index (χ1n) is 27.8. The Labute approximate surface area is 466 Å². The lowest BCUT2D eigenvalue weighted by Crippen LogP contribution is -2.30. The number of fused-ring (bicyclic) bond motifs is 9. The van der Waals surface area contributed by atoms with Gasteiger partial charge >= 0.3 is 0 Å². The average molecular weight is 1030 g/mol. The lowest BCUT2D eigenvalue weighted by Gasteiger charge is -2.36. The molecule has 1 aliphatic rings. The zero-order valence-corrected chi connectivity index (χ0v) is 45.2. The van der Waals surface area contributed by atoms with E-state index in [2.05, 4.69) is 298 Å². The molecule has 0 radical (unpaired) electrons. The molecule has 0 saturated heterocycles. The van der Waals surface area contributed by atoms with E-state index in [-0.39, 0.29) is 0 Å². The number of hydrogen-bond acceptors (Lipinski definition) is 2. The highest BCUT2D eigenvalue weighted by molar-refractivity contribution is 6.10. The Hall–Kier alpha value is -9.96. The van der Waals surface area contributed by atoms with E-state index in [4.69, 9.17) is 4.42 Å². The van der Waals surface area contributed by atoms with Crippen LogP contribution in [0.3, 0.4) is 0 Å². The summed E-state index contributed by atoms with van der Waals surface area (Å²) in [6.07, 6.45) is 0. The molecule has 14 aromatic rings. The van der Waals surface area contributed by atoms with Crippen molar-refractivity contribution >= 4 is 60.8 Å². The van der Waals surface area contributed by atoms with E-state index in [1.54, 1.807) is 0 Å². The Morgan fingerprint density at radius 3 is 1.51 bits per heavy atom. The van der Waals surface area contributed by atoms with E-state index in [1.165, 1.54) is 94.1 Å². The maximum Gasteiger partial charge on any atom is 0.143 e. The molecule has 0 spiro atoms. The second kappa shape index (κ2) is 18.6. The van der Waals surface area contributed by atoms with Crippen LogP contribution in [0.25, 0.3) is 93.9 Å². The largest absolute Gasteiger partial charge is 0.455 e. The minimum atomic E-state index is -0.656. The van der Waals surface area contributed by atoms with Gasteiger partial charge in [-0.2, -0.15) is 0 Å². The average Bonchev–Trinajstić information content (AvgIpc) is 4.36. The normalized spacial score (nSPS) is 13.8. The van der Waals surface area contributed by atoms with Crippen molar-refractivity contribution < 1.29 is 4.42 Å². The first kappa shape index (κ1) is 47.3. The van der Waals surface area contributed by atoms with E-state index < -0.39 is 5.41 Å². The third kappa shape index (κ3) is 7.27. The number of benzene rings is 12. The van der Waals surface area contributed by atoms with Crippen LogP contribution in [0.5, 0.6) is 0 Å². The monoisotopic (exact) mass is 1020 g/mol. The van der Waals surface area contributed by atoms with Gasteiger partial charge in [-0.05, 0) is 166 Å². The first-order chi connectivity index (χ1) is 39.3. The van der Waals surface area contributed by atoms with Gasteiger partial charge in [-0.3, -0.25) is 0 Å². The maximum absolute atomic E-state index is 6.60. The standard InChI is InChI=1S/C77H56N2O/c1-49-46-68-69(47-50(49)2)77(58-20-9-6-10-21-58,59-38-30-57(31-39-59)63-25-17-26-67-66-24-13-16-29-73(66)80-76(63)67)75-52(4)51(3)48-72(74(68)75)78(60-40-32-54(33-41-60)53-18-7-5-8-19-53)61-42-34-55(35-43-61)56-36-44-62(45-37-56)79-70-27-14-11-22-64(70)65-23-12-15-28-71(65)79/h5-48H,1-4H3. The molecule has 3 nitrogen and oxygen atoms in total. The fourth-order valence-corrected chi connectivity index (χ4v) is 13.3. The third-order valence-electron chi connectivity index (χ3n) is 17.4. The van der Waals surface area contributed by atoms with Crippen LogP contribution in [0.2, 0.25) is 0 Å². The molecule has 1 aliphatic carbocycles. The van der Waals surface area contributed by atoms with Crippen LogP contribution in [-0.4, -0.2) is 4.57 Å². The van der Waals surface area contributed by atoms with Crippen LogP contribution in [0, 0.1) is 27.7 Å². The topological polar surface area (TPSA) is 21.3 Å². The maximum atomic E-state index is 6.60. The first-order valence-corrected chi connectivity index (χ1v) is 27.8. The highest BCUT2D eigenvalue weighted by Crippen LogP contribution is 2.62. The number of aryl methyl sites for hydroxylation is 3. The van der Waals surface area contributed by atoms with E-state index >= 15 is 0 Å². The van der Waals surface area contributed by atoms with Crippen molar-refractivity contribution in [3.8, 4) is 50.2 Å². The van der Waals surface area contributed by atoms with Crippen LogP contribution < -0.4 is 4.90 Å². The van der Waals surface area contributed by atoms with Crippen LogP contribution in [0.15, 0.2) is 271 Å². The Bertz CT molecular complexity index is 4650. The van der Waals surface area contributed by atoms with Gasteiger partial charge in [0, 0.05) is 49.7 Å². The number of anilines is 3. The summed E-state index contributed by atoms with van der Waals surface area (Å²) < 4.78 is 8.99. The van der Waals surface area contributed by atoms with Gasteiger partial charge in [0.15, 0.2) is 0 Å². The van der Waals surface area contributed by atoms with E-state index in [1.807, 2.05) is 6.07 Å². The number of aromatic nitrogens is 1. The molecule has 15 rings (SSSR count). The minimum Gasteiger partial charge on any atom is -0.455 e. The Morgan fingerprint density at radius 1 is 0.375 bits per heavy atom. The summed E-state index contributed by atoms with van der Waals surface area (Å²) in [4.78, 5) is 2.51. The predicted molar refractivity (Wildman–Crippen MR) is 335 cm³/mol. The van der Waals surface area contributed by atoms with Gasteiger partial charge < -0.3 is 13.9 Å². The van der Waals surface area contributed by atoms with Crippen molar-refractivity contribution in [1.82, 2.24) is 4.57 Å². The van der Waals surface area contributed by atoms with Gasteiger partial charge in [-0.15, -0.1) is 0 Å². The molecule has 12 aromatic carbocycles. The number of furan rings is 1. The van der Waals surface area contributed by atoms with Crippen molar-refractivity contribution in [2.24, 2.45) is 0 Å². The molecule has 1 unspecified atom stereocenters. The van der Waals surface area contributed by atoms with Gasteiger partial charge in [0.05, 0.1) is 22.1 Å². The summed E-state index contributed by atoms with van der Waals surface area (Å²) in [5, 5.41) is 4.79. The number of para-hydroxylation sites is 4. The highest BCUT2D eigenvalue weighted by atomic mass is 16.3. The number of rotatable bonds is 9. The molecule has 2 aromatic heterocycles. The van der Waals surface area contributed by atoms with Gasteiger partial charge in [-0.25, -0.2) is 0 Å². The molecule has 0 N–H and O–H groups in total. The van der Waals surface area contributed by atoms with Gasteiger partial charge in [0.1, 0.15) is 11.2 Å². The molecule has 3 heteroatoms. The molecule has 80 heavy (non-hydrogen) atoms. The Morgan fingerprint density at radius 2 is 0.875 bits per heavy atom. The molecule has 1 atom stereocenters. The summed E-state index contributed by atoms with van der Waals surface area (Å²) >= 11 is 0. The molecule has 0 fully saturated rings. The summed E-state index contributed by atoms with van der Waals surface area (Å²) in [5.74, 6) is 0. The third-order valence-corrected chi connectivity index (χ3v) is 17.4. The summed E-state index contributed by atoms with van der Waals surface area (Å²) in [6, 6.07) is 98.4. The van der Waals surface area contributed by atoms with Crippen molar-refractivity contribution in [2.75, 3.05) is 4.90 Å². The molecule has 0 bridgehead atoms. The fourth-order valence-electron chi connectivity index (χ4n) is 13.3. The number of hydrogen-bond donors (Lipinski definition) is 0. The predicted octanol–water partition coefficient (Wildman–Crippen LogP) is 20.8. The van der Waals surface area contributed by atoms with Crippen LogP contribution in [-0.2, 0) is 5.41 Å².